The van der Waals surface area contributed by atoms with Gasteiger partial charge < -0.3 is 0 Å². The predicted octanol–water partition coefficient (Wildman–Crippen LogP) is 6.15. The van der Waals surface area contributed by atoms with Crippen LogP contribution < -0.4 is 0 Å². The molecule has 0 bridgehead atoms. The minimum Gasteiger partial charge on any atom is -0.235 e. The molecular formula is C18H10N2S3. The van der Waals surface area contributed by atoms with Gasteiger partial charge in [0.15, 0.2) is 0 Å². The van der Waals surface area contributed by atoms with Gasteiger partial charge in [-0.15, -0.1) is 34.0 Å². The lowest BCUT2D eigenvalue weighted by molar-refractivity contribution is 1.44. The summed E-state index contributed by atoms with van der Waals surface area (Å²) in [5, 5.41) is 12.4. The number of hydrogen-bond donors (Lipinski definition) is 0. The fourth-order valence-electron chi connectivity index (χ4n) is 2.25. The second kappa shape index (κ2) is 6.09. The van der Waals surface area contributed by atoms with Crippen molar-refractivity contribution in [2.24, 2.45) is 0 Å². The highest BCUT2D eigenvalue weighted by molar-refractivity contribution is 7.22. The molecule has 0 aliphatic rings. The van der Waals surface area contributed by atoms with Gasteiger partial charge in [0.05, 0.1) is 15.8 Å². The third-order valence-electron chi connectivity index (χ3n) is 3.32. The summed E-state index contributed by atoms with van der Waals surface area (Å²) in [6, 6.07) is 18.6. The average Bonchev–Trinajstić information content (AvgIpc) is 3.30. The number of thiazole rings is 1. The molecule has 2 nitrogen and oxygen atoms in total. The number of fused-ring (bicyclic) bond motifs is 1. The zero-order valence-electron chi connectivity index (χ0n) is 11.9. The number of rotatable bonds is 3. The molecule has 5 heteroatoms. The van der Waals surface area contributed by atoms with Crippen LogP contribution in [0.15, 0.2) is 53.9 Å². The van der Waals surface area contributed by atoms with Crippen LogP contribution in [0.2, 0.25) is 0 Å². The van der Waals surface area contributed by atoms with E-state index in [4.69, 9.17) is 0 Å². The Hall–Kier alpha value is -2.26. The van der Waals surface area contributed by atoms with Crippen LogP contribution in [-0.4, -0.2) is 4.98 Å². The molecule has 3 heterocycles. The molecule has 23 heavy (non-hydrogen) atoms. The molecular weight excluding hydrogens is 340 g/mol. The molecule has 0 saturated heterocycles. The van der Waals surface area contributed by atoms with Crippen LogP contribution in [0.1, 0.15) is 9.88 Å². The van der Waals surface area contributed by atoms with E-state index >= 15 is 0 Å². The maximum absolute atomic E-state index is 9.51. The first-order chi connectivity index (χ1) is 11.3. The number of para-hydroxylation sites is 1. The van der Waals surface area contributed by atoms with E-state index in [1.807, 2.05) is 30.3 Å². The van der Waals surface area contributed by atoms with E-state index in [1.54, 1.807) is 34.0 Å². The standard InChI is InChI=1S/C18H10N2S3/c19-11-12(18-20-14-4-1-2-5-15(14)23-18)10-13-7-8-17(22-13)16-6-3-9-21-16/h1-10H. The molecule has 0 N–H and O–H groups in total. The molecule has 0 fully saturated rings. The molecule has 4 rings (SSSR count). The highest BCUT2D eigenvalue weighted by Gasteiger charge is 2.10. The first kappa shape index (κ1) is 14.3. The molecule has 0 aliphatic heterocycles. The van der Waals surface area contributed by atoms with Gasteiger partial charge in [-0.05, 0) is 41.8 Å². The van der Waals surface area contributed by atoms with Gasteiger partial charge in [-0.1, -0.05) is 18.2 Å². The summed E-state index contributed by atoms with van der Waals surface area (Å²) in [7, 11) is 0. The topological polar surface area (TPSA) is 36.7 Å². The van der Waals surface area contributed by atoms with E-state index in [1.165, 1.54) is 9.75 Å². The van der Waals surface area contributed by atoms with E-state index in [2.05, 4.69) is 40.7 Å². The number of benzene rings is 1. The maximum atomic E-state index is 9.51. The Labute approximate surface area is 145 Å². The van der Waals surface area contributed by atoms with Gasteiger partial charge >= 0.3 is 0 Å². The van der Waals surface area contributed by atoms with Gasteiger partial charge in [0, 0.05) is 14.6 Å². The van der Waals surface area contributed by atoms with Crippen molar-refractivity contribution in [3.05, 3.63) is 63.8 Å². The fraction of sp³-hybridized carbons (Fsp3) is 0. The maximum Gasteiger partial charge on any atom is 0.135 e. The van der Waals surface area contributed by atoms with E-state index in [9.17, 15) is 5.26 Å². The zero-order valence-corrected chi connectivity index (χ0v) is 14.3. The Morgan fingerprint density at radius 1 is 1.00 bits per heavy atom. The van der Waals surface area contributed by atoms with Crippen LogP contribution in [0.25, 0.3) is 31.6 Å². The van der Waals surface area contributed by atoms with Crippen molar-refractivity contribution in [1.82, 2.24) is 4.98 Å². The Kier molecular flexibility index (Phi) is 3.80. The Morgan fingerprint density at radius 3 is 2.70 bits per heavy atom. The van der Waals surface area contributed by atoms with Gasteiger partial charge in [-0.25, -0.2) is 4.98 Å². The Balaban J connectivity index is 1.72. The van der Waals surface area contributed by atoms with Crippen molar-refractivity contribution in [3.8, 4) is 15.8 Å². The van der Waals surface area contributed by atoms with E-state index < -0.39 is 0 Å². The first-order valence-electron chi connectivity index (χ1n) is 6.95. The van der Waals surface area contributed by atoms with Crippen LogP contribution in [0.4, 0.5) is 0 Å². The molecule has 0 aliphatic carbocycles. The molecule has 0 saturated carbocycles. The average molecular weight is 350 g/mol. The number of allylic oxidation sites excluding steroid dienone is 1. The highest BCUT2D eigenvalue weighted by atomic mass is 32.1. The van der Waals surface area contributed by atoms with Crippen LogP contribution in [0.3, 0.4) is 0 Å². The fourth-order valence-corrected chi connectivity index (χ4v) is 4.97. The van der Waals surface area contributed by atoms with Gasteiger partial charge in [-0.2, -0.15) is 5.26 Å². The molecule has 0 atom stereocenters. The number of aromatic nitrogens is 1. The molecule has 110 valence electrons. The minimum atomic E-state index is 0.616. The minimum absolute atomic E-state index is 0.616. The van der Waals surface area contributed by atoms with Crippen molar-refractivity contribution in [2.75, 3.05) is 0 Å². The molecule has 3 aromatic heterocycles. The molecule has 0 radical (unpaired) electrons. The van der Waals surface area contributed by atoms with Gasteiger partial charge in [-0.3, -0.25) is 0 Å². The molecule has 0 spiro atoms. The highest BCUT2D eigenvalue weighted by Crippen LogP contribution is 2.34. The lowest BCUT2D eigenvalue weighted by Gasteiger charge is -1.91. The second-order valence-corrected chi connectivity index (χ2v) is 7.93. The Bertz CT molecular complexity index is 997. The Morgan fingerprint density at radius 2 is 1.91 bits per heavy atom. The SMILES string of the molecule is N#CC(=Cc1ccc(-c2cccs2)s1)c1nc2ccccc2s1. The van der Waals surface area contributed by atoms with Crippen molar-refractivity contribution < 1.29 is 0 Å². The summed E-state index contributed by atoms with van der Waals surface area (Å²) < 4.78 is 1.11. The van der Waals surface area contributed by atoms with Crippen LogP contribution in [-0.2, 0) is 0 Å². The van der Waals surface area contributed by atoms with E-state index in [0.29, 0.717) is 5.57 Å². The second-order valence-electron chi connectivity index (χ2n) is 4.84. The normalized spacial score (nSPS) is 11.7. The molecule has 0 amide bonds. The van der Waals surface area contributed by atoms with Crippen LogP contribution in [0.5, 0.6) is 0 Å². The summed E-state index contributed by atoms with van der Waals surface area (Å²) in [6.45, 7) is 0. The third-order valence-corrected chi connectivity index (χ3v) is 6.49. The molecule has 1 aromatic carbocycles. The largest absolute Gasteiger partial charge is 0.235 e. The smallest absolute Gasteiger partial charge is 0.135 e. The zero-order chi connectivity index (χ0) is 15.6. The summed E-state index contributed by atoms with van der Waals surface area (Å²) in [5.74, 6) is 0. The molecule has 0 unspecified atom stereocenters. The van der Waals surface area contributed by atoms with Gasteiger partial charge in [0.2, 0.25) is 0 Å². The predicted molar refractivity (Wildman–Crippen MR) is 101 cm³/mol. The van der Waals surface area contributed by atoms with Gasteiger partial charge in [0.1, 0.15) is 11.1 Å². The summed E-state index contributed by atoms with van der Waals surface area (Å²) in [5.41, 5.74) is 1.56. The van der Waals surface area contributed by atoms with E-state index in [0.717, 1.165) is 20.1 Å². The summed E-state index contributed by atoms with van der Waals surface area (Å²) in [6.07, 6.45) is 1.93. The van der Waals surface area contributed by atoms with Crippen LogP contribution >= 0.6 is 34.0 Å². The number of nitriles is 1. The first-order valence-corrected chi connectivity index (χ1v) is 9.46. The third kappa shape index (κ3) is 2.84. The number of thiophene rings is 2. The van der Waals surface area contributed by atoms with E-state index in [-0.39, 0.29) is 0 Å². The van der Waals surface area contributed by atoms with Crippen LogP contribution in [0, 0.1) is 11.3 Å². The summed E-state index contributed by atoms with van der Waals surface area (Å²) >= 11 is 4.98. The quantitative estimate of drug-likeness (QED) is 0.415. The monoisotopic (exact) mass is 350 g/mol. The van der Waals surface area contributed by atoms with Gasteiger partial charge in [0.25, 0.3) is 0 Å². The lowest BCUT2D eigenvalue weighted by atomic mass is 10.2. The van der Waals surface area contributed by atoms with Crippen molar-refractivity contribution >= 4 is 55.9 Å². The number of nitrogens with zero attached hydrogens (tertiary/aromatic N) is 2. The number of hydrogen-bond acceptors (Lipinski definition) is 5. The van der Waals surface area contributed by atoms with Crippen molar-refractivity contribution in [2.45, 2.75) is 0 Å². The molecule has 4 aromatic rings. The van der Waals surface area contributed by atoms with Crippen molar-refractivity contribution in [3.63, 3.8) is 0 Å². The lowest BCUT2D eigenvalue weighted by Crippen LogP contribution is -1.78. The van der Waals surface area contributed by atoms with Crippen molar-refractivity contribution in [1.29, 1.82) is 5.26 Å². The summed E-state index contributed by atoms with van der Waals surface area (Å²) in [4.78, 5) is 8.13.